The second kappa shape index (κ2) is 7.36. The van der Waals surface area contributed by atoms with Gasteiger partial charge >= 0.3 is 0 Å². The number of ketones is 1. The highest BCUT2D eigenvalue weighted by Crippen LogP contribution is 2.29. The van der Waals surface area contributed by atoms with Crippen LogP contribution in [0.2, 0.25) is 0 Å². The molecular formula is C19H16BrNO2S. The van der Waals surface area contributed by atoms with Gasteiger partial charge in [0.25, 0.3) is 0 Å². The summed E-state index contributed by atoms with van der Waals surface area (Å²) in [6, 6.07) is 15.3. The van der Waals surface area contributed by atoms with Crippen LogP contribution in [0.5, 0.6) is 5.75 Å². The van der Waals surface area contributed by atoms with E-state index in [-0.39, 0.29) is 5.78 Å². The lowest BCUT2D eigenvalue weighted by Crippen LogP contribution is -2.02. The maximum atomic E-state index is 12.3. The monoisotopic (exact) mass is 401 g/mol. The topological polar surface area (TPSA) is 39.2 Å². The van der Waals surface area contributed by atoms with Crippen LogP contribution in [0.1, 0.15) is 15.9 Å². The summed E-state index contributed by atoms with van der Waals surface area (Å²) in [7, 11) is 1.64. The van der Waals surface area contributed by atoms with Crippen molar-refractivity contribution in [2.24, 2.45) is 0 Å². The summed E-state index contributed by atoms with van der Waals surface area (Å²) in [5.41, 5.74) is 2.66. The largest absolute Gasteiger partial charge is 0.494 e. The van der Waals surface area contributed by atoms with Gasteiger partial charge in [-0.05, 0) is 36.8 Å². The van der Waals surface area contributed by atoms with Crippen LogP contribution in [-0.2, 0) is 0 Å². The van der Waals surface area contributed by atoms with E-state index in [0.717, 1.165) is 31.7 Å². The lowest BCUT2D eigenvalue weighted by molar-refractivity contribution is 0.102. The number of aromatic nitrogens is 1. The molecule has 3 nitrogen and oxygen atoms in total. The Kier molecular flexibility index (Phi) is 5.21. The number of carbonyl (C=O) groups excluding carboxylic acids is 1. The predicted molar refractivity (Wildman–Crippen MR) is 102 cm³/mol. The van der Waals surface area contributed by atoms with Crippen molar-refractivity contribution in [2.75, 3.05) is 12.9 Å². The van der Waals surface area contributed by atoms with Crippen LogP contribution >= 0.6 is 27.7 Å². The van der Waals surface area contributed by atoms with Crippen molar-refractivity contribution in [3.63, 3.8) is 0 Å². The van der Waals surface area contributed by atoms with E-state index >= 15 is 0 Å². The van der Waals surface area contributed by atoms with Crippen LogP contribution in [0, 0.1) is 6.92 Å². The summed E-state index contributed by atoms with van der Waals surface area (Å²) >= 11 is 4.82. The summed E-state index contributed by atoms with van der Waals surface area (Å²) in [6.07, 6.45) is 0. The van der Waals surface area contributed by atoms with Gasteiger partial charge in [-0.25, -0.2) is 4.98 Å². The van der Waals surface area contributed by atoms with Gasteiger partial charge in [0.1, 0.15) is 11.3 Å². The molecule has 0 bridgehead atoms. The zero-order chi connectivity index (χ0) is 17.1. The number of ether oxygens (including phenoxy) is 1. The molecule has 0 saturated carbocycles. The lowest BCUT2D eigenvalue weighted by atomic mass is 10.1. The van der Waals surface area contributed by atoms with Crippen LogP contribution < -0.4 is 4.74 Å². The minimum atomic E-state index is 0.0899. The highest BCUT2D eigenvalue weighted by atomic mass is 79.9. The number of methoxy groups -OCH3 is 1. The molecule has 0 radical (unpaired) electrons. The zero-order valence-corrected chi connectivity index (χ0v) is 15.8. The molecule has 3 rings (SSSR count). The maximum Gasteiger partial charge on any atom is 0.173 e. The van der Waals surface area contributed by atoms with Crippen LogP contribution in [0.25, 0.3) is 10.9 Å². The van der Waals surface area contributed by atoms with Gasteiger partial charge in [-0.15, -0.1) is 0 Å². The summed E-state index contributed by atoms with van der Waals surface area (Å²) < 4.78 is 6.36. The zero-order valence-electron chi connectivity index (χ0n) is 13.4. The Bertz CT molecular complexity index is 894. The van der Waals surface area contributed by atoms with Crippen molar-refractivity contribution in [1.29, 1.82) is 0 Å². The van der Waals surface area contributed by atoms with Gasteiger partial charge in [-0.2, -0.15) is 0 Å². The number of hydrogen-bond donors (Lipinski definition) is 0. The van der Waals surface area contributed by atoms with Crippen LogP contribution in [-0.4, -0.2) is 23.6 Å². The molecule has 122 valence electrons. The van der Waals surface area contributed by atoms with E-state index in [1.54, 1.807) is 7.11 Å². The molecule has 0 spiro atoms. The van der Waals surface area contributed by atoms with Gasteiger partial charge in [0, 0.05) is 15.4 Å². The highest BCUT2D eigenvalue weighted by Gasteiger charge is 2.11. The third-order valence-electron chi connectivity index (χ3n) is 3.72. The van der Waals surface area contributed by atoms with Crippen molar-refractivity contribution < 1.29 is 9.53 Å². The van der Waals surface area contributed by atoms with Crippen LogP contribution in [0.15, 0.2) is 58.0 Å². The number of carbonyl (C=O) groups is 1. The quantitative estimate of drug-likeness (QED) is 0.430. The molecule has 2 aromatic carbocycles. The Balaban J connectivity index is 1.82. The smallest absolute Gasteiger partial charge is 0.173 e. The normalized spacial score (nSPS) is 10.8. The first-order valence-electron chi connectivity index (χ1n) is 7.44. The van der Waals surface area contributed by atoms with Gasteiger partial charge in [0.15, 0.2) is 5.78 Å². The van der Waals surface area contributed by atoms with Gasteiger partial charge in [-0.1, -0.05) is 52.0 Å². The van der Waals surface area contributed by atoms with E-state index in [2.05, 4.69) is 20.9 Å². The molecule has 0 N–H and O–H groups in total. The predicted octanol–water partition coefficient (Wildman–Crippen LogP) is 5.29. The molecule has 1 aromatic heterocycles. The second-order valence-corrected chi connectivity index (χ2v) is 7.26. The molecule has 0 aliphatic rings. The number of Topliss-reactive ketones (excluding diaryl/α,β-unsaturated/α-hetero) is 1. The summed E-state index contributed by atoms with van der Waals surface area (Å²) in [6.45, 7) is 2.05. The van der Waals surface area contributed by atoms with E-state index in [1.807, 2.05) is 55.5 Å². The minimum Gasteiger partial charge on any atom is -0.494 e. The first kappa shape index (κ1) is 17.0. The van der Waals surface area contributed by atoms with Crippen LogP contribution in [0.4, 0.5) is 0 Å². The number of aryl methyl sites for hydroxylation is 1. The highest BCUT2D eigenvalue weighted by molar-refractivity contribution is 9.10. The molecule has 0 aliphatic heterocycles. The fourth-order valence-corrected chi connectivity index (χ4v) is 3.58. The first-order chi connectivity index (χ1) is 11.6. The van der Waals surface area contributed by atoms with Gasteiger partial charge in [-0.3, -0.25) is 4.79 Å². The van der Waals surface area contributed by atoms with E-state index in [1.165, 1.54) is 11.8 Å². The SMILES string of the molecule is COc1cccc2c(C)cc(SCC(=O)c3ccc(Br)cc3)nc12. The summed E-state index contributed by atoms with van der Waals surface area (Å²) in [5, 5.41) is 1.90. The molecule has 0 unspecified atom stereocenters. The standard InChI is InChI=1S/C19H16BrNO2S/c1-12-10-18(21-19-15(12)4-3-5-17(19)23-2)24-11-16(22)13-6-8-14(20)9-7-13/h3-10H,11H2,1-2H3. The fraction of sp³-hybridized carbons (Fsp3) is 0.158. The molecule has 1 heterocycles. The minimum absolute atomic E-state index is 0.0899. The lowest BCUT2D eigenvalue weighted by Gasteiger charge is -2.09. The van der Waals surface area contributed by atoms with Gasteiger partial charge in [0.05, 0.1) is 17.9 Å². The number of benzene rings is 2. The molecule has 0 atom stereocenters. The molecule has 0 fully saturated rings. The molecule has 0 aliphatic carbocycles. The third kappa shape index (κ3) is 3.62. The Hall–Kier alpha value is -1.85. The molecule has 3 aromatic rings. The van der Waals surface area contributed by atoms with Gasteiger partial charge in [0.2, 0.25) is 0 Å². The number of para-hydroxylation sites is 1. The number of fused-ring (bicyclic) bond motifs is 1. The fourth-order valence-electron chi connectivity index (χ4n) is 2.46. The Morgan fingerprint density at radius 1 is 1.21 bits per heavy atom. The average molecular weight is 402 g/mol. The van der Waals surface area contributed by atoms with E-state index in [4.69, 9.17) is 4.74 Å². The molecule has 0 amide bonds. The summed E-state index contributed by atoms with van der Waals surface area (Å²) in [4.78, 5) is 17.0. The Morgan fingerprint density at radius 3 is 2.67 bits per heavy atom. The third-order valence-corrected chi connectivity index (χ3v) is 5.16. The van der Waals surface area contributed by atoms with E-state index in [0.29, 0.717) is 11.3 Å². The van der Waals surface area contributed by atoms with E-state index < -0.39 is 0 Å². The number of nitrogens with zero attached hydrogens (tertiary/aromatic N) is 1. The number of hydrogen-bond acceptors (Lipinski definition) is 4. The molecule has 5 heteroatoms. The van der Waals surface area contributed by atoms with Gasteiger partial charge < -0.3 is 4.74 Å². The Labute approximate surface area is 153 Å². The number of rotatable bonds is 5. The summed E-state index contributed by atoms with van der Waals surface area (Å²) in [5.74, 6) is 1.19. The van der Waals surface area contributed by atoms with Crippen molar-refractivity contribution in [3.05, 3.63) is 64.1 Å². The first-order valence-corrected chi connectivity index (χ1v) is 9.22. The number of pyridine rings is 1. The van der Waals surface area contributed by atoms with Crippen LogP contribution in [0.3, 0.4) is 0 Å². The van der Waals surface area contributed by atoms with Crippen molar-refractivity contribution in [2.45, 2.75) is 11.9 Å². The number of thioether (sulfide) groups is 1. The average Bonchev–Trinajstić information content (AvgIpc) is 2.60. The van der Waals surface area contributed by atoms with Crippen molar-refractivity contribution >= 4 is 44.4 Å². The maximum absolute atomic E-state index is 12.3. The molecular weight excluding hydrogens is 386 g/mol. The second-order valence-electron chi connectivity index (χ2n) is 5.35. The van der Waals surface area contributed by atoms with Crippen molar-refractivity contribution in [3.8, 4) is 5.75 Å². The molecule has 0 saturated heterocycles. The van der Waals surface area contributed by atoms with Crippen molar-refractivity contribution in [1.82, 2.24) is 4.98 Å². The Morgan fingerprint density at radius 2 is 1.96 bits per heavy atom. The number of halogens is 1. The van der Waals surface area contributed by atoms with E-state index in [9.17, 15) is 4.79 Å². The molecule has 24 heavy (non-hydrogen) atoms.